The third-order valence-corrected chi connectivity index (χ3v) is 6.39. The van der Waals surface area contributed by atoms with E-state index in [0.717, 1.165) is 44.5 Å². The number of amides is 1. The molecule has 2 heterocycles. The fraction of sp³-hybridized carbons (Fsp3) is 0.632. The molecule has 2 aliphatic heterocycles. The summed E-state index contributed by atoms with van der Waals surface area (Å²) in [5.74, 6) is 0.194. The van der Waals surface area contributed by atoms with Crippen molar-refractivity contribution in [1.82, 2.24) is 9.80 Å². The molecule has 2 unspecified atom stereocenters. The standard InChI is InChI=1S/C19H27Cl2N3O.ClH/c1-19(2)12-23(9-7-17(19)22)11-18(25)24-8-3-4-16(24)13-5-6-14(20)15(21)10-13;/h5-6,10,16-17H,3-4,7-9,11-12,22H2,1-2H3;1H. The fourth-order valence-corrected chi connectivity index (χ4v) is 4.34. The van der Waals surface area contributed by atoms with Crippen LogP contribution in [0.5, 0.6) is 0 Å². The number of rotatable bonds is 3. The van der Waals surface area contributed by atoms with Gasteiger partial charge in [-0.15, -0.1) is 12.4 Å². The molecule has 2 N–H and O–H groups in total. The highest BCUT2D eigenvalue weighted by Crippen LogP contribution is 2.35. The molecule has 7 heteroatoms. The van der Waals surface area contributed by atoms with Crippen molar-refractivity contribution in [3.05, 3.63) is 33.8 Å². The minimum absolute atomic E-state index is 0. The third-order valence-electron chi connectivity index (χ3n) is 5.65. The first-order valence-corrected chi connectivity index (χ1v) is 9.76. The van der Waals surface area contributed by atoms with Crippen LogP contribution in [0.15, 0.2) is 18.2 Å². The van der Waals surface area contributed by atoms with Crippen molar-refractivity contribution in [1.29, 1.82) is 0 Å². The van der Waals surface area contributed by atoms with Gasteiger partial charge in [-0.25, -0.2) is 0 Å². The average molecular weight is 421 g/mol. The van der Waals surface area contributed by atoms with Crippen LogP contribution >= 0.6 is 35.6 Å². The monoisotopic (exact) mass is 419 g/mol. The molecule has 0 aromatic heterocycles. The summed E-state index contributed by atoms with van der Waals surface area (Å²) >= 11 is 12.2. The Morgan fingerprint density at radius 3 is 2.62 bits per heavy atom. The van der Waals surface area contributed by atoms with Crippen molar-refractivity contribution in [3.63, 3.8) is 0 Å². The van der Waals surface area contributed by atoms with Crippen LogP contribution in [0.1, 0.15) is 44.7 Å². The van der Waals surface area contributed by atoms with Crippen molar-refractivity contribution in [2.75, 3.05) is 26.2 Å². The number of nitrogens with two attached hydrogens (primary N) is 1. The van der Waals surface area contributed by atoms with Crippen molar-refractivity contribution in [2.45, 2.75) is 45.2 Å². The number of hydrogen-bond acceptors (Lipinski definition) is 3. The van der Waals surface area contributed by atoms with E-state index >= 15 is 0 Å². The van der Waals surface area contributed by atoms with E-state index in [4.69, 9.17) is 28.9 Å². The number of benzene rings is 1. The van der Waals surface area contributed by atoms with E-state index in [0.29, 0.717) is 16.6 Å². The molecule has 1 amide bonds. The SMILES string of the molecule is CC1(C)CN(CC(=O)N2CCCC2c2ccc(Cl)c(Cl)c2)CCC1N.Cl. The van der Waals surface area contributed by atoms with Crippen LogP contribution < -0.4 is 5.73 Å². The van der Waals surface area contributed by atoms with Crippen LogP contribution in [0.25, 0.3) is 0 Å². The van der Waals surface area contributed by atoms with Gasteiger partial charge in [0.15, 0.2) is 0 Å². The molecule has 3 rings (SSSR count). The number of piperidine rings is 1. The molecule has 0 radical (unpaired) electrons. The summed E-state index contributed by atoms with van der Waals surface area (Å²) in [6.07, 6.45) is 2.93. The lowest BCUT2D eigenvalue weighted by atomic mass is 9.80. The quantitative estimate of drug-likeness (QED) is 0.799. The summed E-state index contributed by atoms with van der Waals surface area (Å²) in [5.41, 5.74) is 7.33. The Hall–Kier alpha value is -0.520. The Kier molecular flexibility index (Phi) is 7.25. The summed E-state index contributed by atoms with van der Waals surface area (Å²) in [6, 6.07) is 5.99. The van der Waals surface area contributed by atoms with E-state index in [9.17, 15) is 4.79 Å². The predicted molar refractivity (Wildman–Crippen MR) is 110 cm³/mol. The van der Waals surface area contributed by atoms with Gasteiger partial charge in [-0.05, 0) is 42.4 Å². The number of likely N-dealkylation sites (tertiary alicyclic amines) is 2. The van der Waals surface area contributed by atoms with Gasteiger partial charge in [0.1, 0.15) is 0 Å². The molecule has 2 fully saturated rings. The van der Waals surface area contributed by atoms with Gasteiger partial charge in [0.25, 0.3) is 0 Å². The fourth-order valence-electron chi connectivity index (χ4n) is 4.03. The van der Waals surface area contributed by atoms with Gasteiger partial charge in [-0.2, -0.15) is 0 Å². The molecule has 0 spiro atoms. The van der Waals surface area contributed by atoms with Crippen LogP contribution in [0, 0.1) is 5.41 Å². The van der Waals surface area contributed by atoms with E-state index in [-0.39, 0.29) is 35.8 Å². The van der Waals surface area contributed by atoms with Crippen molar-refractivity contribution >= 4 is 41.5 Å². The number of carbonyl (C=O) groups is 1. The second-order valence-electron chi connectivity index (χ2n) is 8.01. The first-order valence-electron chi connectivity index (χ1n) is 9.00. The van der Waals surface area contributed by atoms with Gasteiger partial charge in [-0.3, -0.25) is 9.69 Å². The van der Waals surface area contributed by atoms with Gasteiger partial charge in [-0.1, -0.05) is 43.1 Å². The molecule has 0 saturated carbocycles. The molecule has 0 aliphatic carbocycles. The van der Waals surface area contributed by atoms with Gasteiger partial charge < -0.3 is 10.6 Å². The van der Waals surface area contributed by atoms with Gasteiger partial charge in [0.05, 0.1) is 22.6 Å². The number of nitrogens with zero attached hydrogens (tertiary/aromatic N) is 2. The lowest BCUT2D eigenvalue weighted by Gasteiger charge is -2.42. The van der Waals surface area contributed by atoms with E-state index in [1.54, 1.807) is 0 Å². The zero-order valence-corrected chi connectivity index (χ0v) is 17.7. The Morgan fingerprint density at radius 2 is 1.96 bits per heavy atom. The molecule has 1 aromatic carbocycles. The zero-order valence-electron chi connectivity index (χ0n) is 15.4. The zero-order chi connectivity index (χ0) is 18.2. The number of carbonyl (C=O) groups excluding carboxylic acids is 1. The summed E-state index contributed by atoms with van der Waals surface area (Å²) in [5, 5.41) is 1.10. The molecule has 146 valence electrons. The molecular weight excluding hydrogens is 393 g/mol. The molecule has 2 saturated heterocycles. The topological polar surface area (TPSA) is 49.6 Å². The summed E-state index contributed by atoms with van der Waals surface area (Å²) in [4.78, 5) is 17.2. The van der Waals surface area contributed by atoms with Gasteiger partial charge in [0.2, 0.25) is 5.91 Å². The van der Waals surface area contributed by atoms with Crippen molar-refractivity contribution in [3.8, 4) is 0 Å². The van der Waals surface area contributed by atoms with Crippen LogP contribution in [-0.2, 0) is 4.79 Å². The molecule has 4 nitrogen and oxygen atoms in total. The smallest absolute Gasteiger partial charge is 0.237 e. The third kappa shape index (κ3) is 4.66. The largest absolute Gasteiger partial charge is 0.335 e. The summed E-state index contributed by atoms with van der Waals surface area (Å²) in [7, 11) is 0. The second kappa shape index (κ2) is 8.66. The lowest BCUT2D eigenvalue weighted by Crippen LogP contribution is -2.54. The van der Waals surface area contributed by atoms with Gasteiger partial charge >= 0.3 is 0 Å². The van der Waals surface area contributed by atoms with Gasteiger partial charge in [0, 0.05) is 25.7 Å². The summed E-state index contributed by atoms with van der Waals surface area (Å²) in [6.45, 7) is 7.40. The molecule has 0 bridgehead atoms. The predicted octanol–water partition coefficient (Wildman–Crippen LogP) is 4.14. The number of hydrogen-bond donors (Lipinski definition) is 1. The Labute approximate surface area is 172 Å². The lowest BCUT2D eigenvalue weighted by molar-refractivity contribution is -0.134. The highest BCUT2D eigenvalue weighted by Gasteiger charge is 2.36. The van der Waals surface area contributed by atoms with E-state index in [2.05, 4.69) is 18.7 Å². The van der Waals surface area contributed by atoms with Crippen molar-refractivity contribution < 1.29 is 4.79 Å². The molecule has 26 heavy (non-hydrogen) atoms. The van der Waals surface area contributed by atoms with E-state index < -0.39 is 0 Å². The maximum atomic E-state index is 12.9. The van der Waals surface area contributed by atoms with Crippen LogP contribution in [0.3, 0.4) is 0 Å². The molecular formula is C19H28Cl3N3O. The maximum Gasteiger partial charge on any atom is 0.237 e. The Bertz CT molecular complexity index is 653. The van der Waals surface area contributed by atoms with Crippen LogP contribution in [0.2, 0.25) is 10.0 Å². The first-order chi connectivity index (χ1) is 11.8. The van der Waals surface area contributed by atoms with E-state index in [1.807, 2.05) is 23.1 Å². The maximum absolute atomic E-state index is 12.9. The Balaban J connectivity index is 0.00000243. The second-order valence-corrected chi connectivity index (χ2v) is 8.83. The molecule has 1 aromatic rings. The molecule has 2 aliphatic rings. The highest BCUT2D eigenvalue weighted by molar-refractivity contribution is 6.42. The Morgan fingerprint density at radius 1 is 1.23 bits per heavy atom. The highest BCUT2D eigenvalue weighted by atomic mass is 35.5. The minimum atomic E-state index is 0. The normalized spacial score (nSPS) is 25.8. The number of halogens is 3. The van der Waals surface area contributed by atoms with Crippen LogP contribution in [0.4, 0.5) is 0 Å². The van der Waals surface area contributed by atoms with Crippen molar-refractivity contribution in [2.24, 2.45) is 11.1 Å². The van der Waals surface area contributed by atoms with E-state index in [1.165, 1.54) is 0 Å². The minimum Gasteiger partial charge on any atom is -0.335 e. The first kappa shape index (κ1) is 21.8. The molecule has 2 atom stereocenters. The van der Waals surface area contributed by atoms with Crippen LogP contribution in [-0.4, -0.2) is 47.9 Å². The average Bonchev–Trinajstić information content (AvgIpc) is 3.03. The summed E-state index contributed by atoms with van der Waals surface area (Å²) < 4.78 is 0.